The minimum absolute atomic E-state index is 0.265. The van der Waals surface area contributed by atoms with E-state index in [1.165, 1.54) is 25.8 Å². The fraction of sp³-hybridized carbons (Fsp3) is 1.00. The first-order valence-electron chi connectivity index (χ1n) is 7.36. The molecule has 1 fully saturated rings. The Morgan fingerprint density at radius 1 is 1.35 bits per heavy atom. The first-order chi connectivity index (χ1) is 8.30. The molecule has 0 aromatic carbocycles. The molecule has 0 aromatic rings. The molecular formula is C14H30N2O. The SMILES string of the molecule is CCCNC(CO)CCN(CC)CC1CCC1. The summed E-state index contributed by atoms with van der Waals surface area (Å²) < 4.78 is 0. The van der Waals surface area contributed by atoms with Gasteiger partial charge in [-0.1, -0.05) is 20.3 Å². The number of hydrogen-bond acceptors (Lipinski definition) is 3. The molecule has 102 valence electrons. The molecular weight excluding hydrogens is 212 g/mol. The summed E-state index contributed by atoms with van der Waals surface area (Å²) in [6, 6.07) is 0.283. The smallest absolute Gasteiger partial charge is 0.0585 e. The van der Waals surface area contributed by atoms with Crippen LogP contribution in [0.15, 0.2) is 0 Å². The zero-order valence-electron chi connectivity index (χ0n) is 11.6. The van der Waals surface area contributed by atoms with Crippen LogP contribution in [0.4, 0.5) is 0 Å². The Kier molecular flexibility index (Phi) is 7.82. The molecule has 1 rings (SSSR count). The van der Waals surface area contributed by atoms with Gasteiger partial charge >= 0.3 is 0 Å². The summed E-state index contributed by atoms with van der Waals surface area (Å²) in [6.07, 6.45) is 6.48. The standard InChI is InChI=1S/C14H30N2O/c1-3-9-15-14(12-17)8-10-16(4-2)11-13-6-5-7-13/h13-15,17H,3-12H2,1-2H3. The van der Waals surface area contributed by atoms with Crippen LogP contribution in [-0.4, -0.2) is 48.8 Å². The van der Waals surface area contributed by atoms with E-state index in [9.17, 15) is 5.11 Å². The second kappa shape index (κ2) is 8.90. The van der Waals surface area contributed by atoms with E-state index in [1.807, 2.05) is 0 Å². The van der Waals surface area contributed by atoms with Crippen molar-refractivity contribution in [3.05, 3.63) is 0 Å². The zero-order chi connectivity index (χ0) is 12.5. The number of nitrogens with one attached hydrogen (secondary N) is 1. The molecule has 2 N–H and O–H groups in total. The van der Waals surface area contributed by atoms with Crippen LogP contribution >= 0.6 is 0 Å². The molecule has 1 aliphatic rings. The predicted octanol–water partition coefficient (Wildman–Crippen LogP) is 1.86. The van der Waals surface area contributed by atoms with Gasteiger partial charge in [-0.05, 0) is 51.2 Å². The molecule has 0 heterocycles. The number of rotatable bonds is 10. The molecule has 1 aliphatic carbocycles. The molecule has 3 heteroatoms. The van der Waals surface area contributed by atoms with Crippen LogP contribution in [0.25, 0.3) is 0 Å². The van der Waals surface area contributed by atoms with E-state index in [1.54, 1.807) is 0 Å². The Bertz CT molecular complexity index is 183. The van der Waals surface area contributed by atoms with Gasteiger partial charge in [0.15, 0.2) is 0 Å². The summed E-state index contributed by atoms with van der Waals surface area (Å²) in [5, 5.41) is 12.7. The molecule has 0 amide bonds. The lowest BCUT2D eigenvalue weighted by Gasteiger charge is -2.32. The van der Waals surface area contributed by atoms with Gasteiger partial charge in [-0.2, -0.15) is 0 Å². The van der Waals surface area contributed by atoms with Crippen LogP contribution in [0.2, 0.25) is 0 Å². The van der Waals surface area contributed by atoms with E-state index >= 15 is 0 Å². The maximum atomic E-state index is 9.30. The minimum atomic E-state index is 0.265. The molecule has 0 aliphatic heterocycles. The third kappa shape index (κ3) is 5.84. The maximum Gasteiger partial charge on any atom is 0.0585 e. The third-order valence-electron chi connectivity index (χ3n) is 3.89. The van der Waals surface area contributed by atoms with E-state index in [-0.39, 0.29) is 12.6 Å². The fourth-order valence-electron chi connectivity index (χ4n) is 2.36. The Hall–Kier alpha value is -0.120. The van der Waals surface area contributed by atoms with Crippen molar-refractivity contribution >= 4 is 0 Å². The second-order valence-electron chi connectivity index (χ2n) is 5.31. The van der Waals surface area contributed by atoms with Crippen molar-refractivity contribution in [2.75, 3.05) is 32.8 Å². The molecule has 0 saturated heterocycles. The molecule has 1 saturated carbocycles. The highest BCUT2D eigenvalue weighted by molar-refractivity contribution is 4.75. The highest BCUT2D eigenvalue weighted by atomic mass is 16.3. The number of nitrogens with zero attached hydrogens (tertiary/aromatic N) is 1. The second-order valence-corrected chi connectivity index (χ2v) is 5.31. The van der Waals surface area contributed by atoms with Crippen molar-refractivity contribution in [2.24, 2.45) is 5.92 Å². The van der Waals surface area contributed by atoms with Crippen LogP contribution in [0, 0.1) is 5.92 Å². The van der Waals surface area contributed by atoms with Gasteiger partial charge in [0.25, 0.3) is 0 Å². The summed E-state index contributed by atoms with van der Waals surface area (Å²) in [4.78, 5) is 2.54. The Labute approximate surface area is 107 Å². The van der Waals surface area contributed by atoms with Gasteiger partial charge < -0.3 is 15.3 Å². The molecule has 17 heavy (non-hydrogen) atoms. The first kappa shape index (κ1) is 14.9. The molecule has 0 aromatic heterocycles. The van der Waals surface area contributed by atoms with Crippen LogP contribution in [0.5, 0.6) is 0 Å². The van der Waals surface area contributed by atoms with E-state index < -0.39 is 0 Å². The van der Waals surface area contributed by atoms with Crippen molar-refractivity contribution < 1.29 is 5.11 Å². The van der Waals surface area contributed by atoms with Gasteiger partial charge in [0, 0.05) is 12.6 Å². The van der Waals surface area contributed by atoms with E-state index in [2.05, 4.69) is 24.1 Å². The first-order valence-corrected chi connectivity index (χ1v) is 7.36. The van der Waals surface area contributed by atoms with Crippen LogP contribution in [0.1, 0.15) is 46.0 Å². The summed E-state index contributed by atoms with van der Waals surface area (Å²) in [5.41, 5.74) is 0. The predicted molar refractivity (Wildman–Crippen MR) is 73.2 cm³/mol. The van der Waals surface area contributed by atoms with Crippen molar-refractivity contribution in [2.45, 2.75) is 52.0 Å². The van der Waals surface area contributed by atoms with Crippen molar-refractivity contribution in [1.29, 1.82) is 0 Å². The monoisotopic (exact) mass is 242 g/mol. The van der Waals surface area contributed by atoms with Gasteiger partial charge in [-0.15, -0.1) is 0 Å². The molecule has 0 spiro atoms. The van der Waals surface area contributed by atoms with Crippen molar-refractivity contribution in [3.8, 4) is 0 Å². The average molecular weight is 242 g/mol. The van der Waals surface area contributed by atoms with Gasteiger partial charge in [-0.3, -0.25) is 0 Å². The minimum Gasteiger partial charge on any atom is -0.395 e. The highest BCUT2D eigenvalue weighted by Gasteiger charge is 2.20. The number of hydrogen-bond donors (Lipinski definition) is 2. The van der Waals surface area contributed by atoms with Gasteiger partial charge in [0.2, 0.25) is 0 Å². The van der Waals surface area contributed by atoms with Crippen LogP contribution in [0.3, 0.4) is 0 Å². The molecule has 1 unspecified atom stereocenters. The quantitative estimate of drug-likeness (QED) is 0.614. The summed E-state index contributed by atoms with van der Waals surface area (Å²) in [7, 11) is 0. The average Bonchev–Trinajstić information content (AvgIpc) is 2.30. The lowest BCUT2D eigenvalue weighted by atomic mass is 9.85. The largest absolute Gasteiger partial charge is 0.395 e. The fourth-order valence-corrected chi connectivity index (χ4v) is 2.36. The summed E-state index contributed by atoms with van der Waals surface area (Å²) in [5.74, 6) is 0.950. The number of aliphatic hydroxyl groups is 1. The Morgan fingerprint density at radius 3 is 2.59 bits per heavy atom. The Balaban J connectivity index is 2.14. The van der Waals surface area contributed by atoms with Crippen molar-refractivity contribution in [3.63, 3.8) is 0 Å². The van der Waals surface area contributed by atoms with Crippen LogP contribution < -0.4 is 5.32 Å². The molecule has 0 radical (unpaired) electrons. The topological polar surface area (TPSA) is 35.5 Å². The van der Waals surface area contributed by atoms with Crippen molar-refractivity contribution in [1.82, 2.24) is 10.2 Å². The van der Waals surface area contributed by atoms with Crippen LogP contribution in [-0.2, 0) is 0 Å². The summed E-state index contributed by atoms with van der Waals surface area (Å²) >= 11 is 0. The van der Waals surface area contributed by atoms with Gasteiger partial charge in [-0.25, -0.2) is 0 Å². The Morgan fingerprint density at radius 2 is 2.12 bits per heavy atom. The zero-order valence-corrected chi connectivity index (χ0v) is 11.6. The van der Waals surface area contributed by atoms with Gasteiger partial charge in [0.05, 0.1) is 6.61 Å². The lowest BCUT2D eigenvalue weighted by Crippen LogP contribution is -2.39. The molecule has 3 nitrogen and oxygen atoms in total. The van der Waals surface area contributed by atoms with Gasteiger partial charge in [0.1, 0.15) is 0 Å². The lowest BCUT2D eigenvalue weighted by molar-refractivity contribution is 0.165. The highest BCUT2D eigenvalue weighted by Crippen LogP contribution is 2.27. The van der Waals surface area contributed by atoms with E-state index in [0.29, 0.717) is 0 Å². The summed E-state index contributed by atoms with van der Waals surface area (Å²) in [6.45, 7) is 9.21. The third-order valence-corrected chi connectivity index (χ3v) is 3.89. The molecule has 0 bridgehead atoms. The van der Waals surface area contributed by atoms with E-state index in [0.717, 1.165) is 38.4 Å². The normalized spacial score (nSPS) is 18.4. The van der Waals surface area contributed by atoms with E-state index in [4.69, 9.17) is 0 Å². The maximum absolute atomic E-state index is 9.30. The molecule has 1 atom stereocenters. The number of aliphatic hydroxyl groups excluding tert-OH is 1.